The second kappa shape index (κ2) is 32.7. The van der Waals surface area contributed by atoms with E-state index in [9.17, 15) is 56.3 Å². The van der Waals surface area contributed by atoms with Crippen LogP contribution in [0.5, 0.6) is 0 Å². The van der Waals surface area contributed by atoms with Gasteiger partial charge in [-0.05, 0) is 107 Å². The number of halogens is 4. The first-order chi connectivity index (χ1) is 42.0. The van der Waals surface area contributed by atoms with E-state index in [0.29, 0.717) is 25.7 Å². The second-order valence-electron chi connectivity index (χ2n) is 27.7. The van der Waals surface area contributed by atoms with Crippen molar-refractivity contribution >= 4 is 76.6 Å². The van der Waals surface area contributed by atoms with Gasteiger partial charge in [-0.3, -0.25) is 52.7 Å². The third kappa shape index (κ3) is 19.0. The minimum Gasteiger partial charge on any atom is -0.343 e. The monoisotopic (exact) mass is 1300 g/mol. The fourth-order valence-electron chi connectivity index (χ4n) is 14.0. The molecule has 3 N–H and O–H groups in total. The Hall–Kier alpha value is -5.75. The van der Waals surface area contributed by atoms with Crippen LogP contribution in [0.3, 0.4) is 0 Å². The molecule has 2 saturated heterocycles. The quantitative estimate of drug-likeness (QED) is 0.241. The van der Waals surface area contributed by atoms with Gasteiger partial charge in [0.05, 0.1) is 25.6 Å². The molecule has 2 aliphatic heterocycles. The van der Waals surface area contributed by atoms with Crippen molar-refractivity contribution in [3.8, 4) is 0 Å². The lowest BCUT2D eigenvalue weighted by molar-refractivity contribution is -0.182. The number of nitrogens with zero attached hydrogens (tertiary/aromatic N) is 8. The van der Waals surface area contributed by atoms with Gasteiger partial charge in [0, 0.05) is 73.7 Å². The second-order valence-corrected chi connectivity index (χ2v) is 28.2. The van der Waals surface area contributed by atoms with Gasteiger partial charge in [-0.15, -0.1) is 11.6 Å². The molecule has 11 amide bonds. The summed E-state index contributed by atoms with van der Waals surface area (Å²) in [6, 6.07) is -7.50. The van der Waals surface area contributed by atoms with Crippen LogP contribution < -0.4 is 16.0 Å². The van der Waals surface area contributed by atoms with Crippen molar-refractivity contribution in [1.29, 1.82) is 0 Å². The maximum atomic E-state index is 15.1. The van der Waals surface area contributed by atoms with Gasteiger partial charge in [-0.25, -0.2) is 0 Å². The van der Waals surface area contributed by atoms with Gasteiger partial charge in [-0.1, -0.05) is 86.5 Å². The fraction of sp³-hybridized carbons (Fsp3) is 0.828. The molecule has 2 heterocycles. The number of carbonyl (C=O) groups is 11. The lowest BCUT2D eigenvalue weighted by Gasteiger charge is -2.41. The van der Waals surface area contributed by atoms with Crippen molar-refractivity contribution in [3.05, 3.63) is 0 Å². The predicted molar refractivity (Wildman–Crippen MR) is 333 cm³/mol. The minimum atomic E-state index is -4.49. The van der Waals surface area contributed by atoms with Crippen molar-refractivity contribution in [2.24, 2.45) is 35.5 Å². The smallest absolute Gasteiger partial charge is 0.343 e. The Morgan fingerprint density at radius 3 is 1.79 bits per heavy atom. The van der Waals surface area contributed by atoms with E-state index in [4.69, 9.17) is 11.6 Å². The summed E-state index contributed by atoms with van der Waals surface area (Å²) >= 11 is 6.36. The van der Waals surface area contributed by atoms with Crippen LogP contribution in [0.2, 0.25) is 0 Å². The Morgan fingerprint density at radius 2 is 1.21 bits per heavy atom. The summed E-state index contributed by atoms with van der Waals surface area (Å²) in [5, 5.41) is 7.54. The Labute approximate surface area is 536 Å². The number of hydrogen-bond donors (Lipinski definition) is 3. The number of hydrogen-bond acceptors (Lipinski definition) is 11. The molecule has 3 aliphatic carbocycles. The number of likely N-dealkylation sites (N-methyl/N-ethyl adjacent to an activating group) is 7. The topological polar surface area (TPSA) is 250 Å². The molecule has 0 radical (unpaired) electrons. The molecule has 0 bridgehead atoms. The average molecular weight is 1300 g/mol. The highest BCUT2D eigenvalue weighted by molar-refractivity contribution is 6.20. The molecule has 5 rings (SSSR count). The molecular weight excluding hydrogens is 1190 g/mol. The lowest BCUT2D eigenvalue weighted by Crippen LogP contribution is -2.64. The van der Waals surface area contributed by atoms with Gasteiger partial charge in [0.2, 0.25) is 65.0 Å². The van der Waals surface area contributed by atoms with Gasteiger partial charge >= 0.3 is 6.18 Å². The van der Waals surface area contributed by atoms with Crippen LogP contribution >= 0.6 is 11.6 Å². The van der Waals surface area contributed by atoms with Crippen LogP contribution in [-0.2, 0) is 52.7 Å². The van der Waals surface area contributed by atoms with Crippen LogP contribution in [0.15, 0.2) is 0 Å². The molecule has 3 saturated carbocycles. The zero-order chi connectivity index (χ0) is 67.4. The standard InChI is InChI=1S/C64H105ClF3N11O11/c1-15-40(6)54-60(88)74(10)36-52(82)72(8)37-53(83)77(13)49(34-42-21-16-17-22-42)59(87)73(9)35-50(80)69-46(27-25-43-24-26-44(45(65)33-43)64(66,67)68)58(86)79-30-20-23-47(79)57(85)71-63(28-18-19-29-63)62(90)78(14)55(39(4)5)61(89)75(11)41(7)32-51(81)76(12)48(31-38(2)3)56(84)70-54/h38-49,54-55H,15-37H2,1-14H3,(H,69,80)(H,70,84)(H,71,85)/t40-,41+,43?,44?,45?,46-,47-,48-,49-,54-,55-/m0/s1. The van der Waals surface area contributed by atoms with E-state index in [1.54, 1.807) is 27.7 Å². The van der Waals surface area contributed by atoms with E-state index in [1.807, 2.05) is 20.8 Å². The molecule has 510 valence electrons. The maximum Gasteiger partial charge on any atom is 0.393 e. The third-order valence-corrected chi connectivity index (χ3v) is 20.6. The molecule has 90 heavy (non-hydrogen) atoms. The molecule has 1 spiro atoms. The van der Waals surface area contributed by atoms with Gasteiger partial charge in [0.15, 0.2) is 0 Å². The Balaban J connectivity index is 1.53. The summed E-state index contributed by atoms with van der Waals surface area (Å²) in [7, 11) is 10.2. The summed E-state index contributed by atoms with van der Waals surface area (Å²) in [4.78, 5) is 170. The zero-order valence-electron chi connectivity index (χ0n) is 55.9. The fourth-order valence-corrected chi connectivity index (χ4v) is 14.5. The van der Waals surface area contributed by atoms with Gasteiger partial charge in [0.1, 0.15) is 41.8 Å². The molecule has 5 aliphatic rings. The van der Waals surface area contributed by atoms with Crippen LogP contribution in [0, 0.1) is 35.5 Å². The number of amides is 11. The molecule has 0 aromatic carbocycles. The zero-order valence-corrected chi connectivity index (χ0v) is 56.7. The average Bonchev–Trinajstić information content (AvgIpc) is 1.55. The van der Waals surface area contributed by atoms with Crippen molar-refractivity contribution in [2.45, 2.75) is 230 Å². The summed E-state index contributed by atoms with van der Waals surface area (Å²) in [5.41, 5.74) is -1.48. The molecule has 22 nitrogen and oxygen atoms in total. The normalized spacial score (nSPS) is 29.8. The molecule has 0 aromatic heterocycles. The van der Waals surface area contributed by atoms with E-state index >= 15 is 9.59 Å². The van der Waals surface area contributed by atoms with Crippen molar-refractivity contribution in [1.82, 2.24) is 55.1 Å². The van der Waals surface area contributed by atoms with Crippen LogP contribution in [0.4, 0.5) is 13.2 Å². The molecular formula is C64H105ClF3N11O11. The first-order valence-corrected chi connectivity index (χ1v) is 33.2. The van der Waals surface area contributed by atoms with Gasteiger partial charge < -0.3 is 55.1 Å². The van der Waals surface area contributed by atoms with E-state index in [0.717, 1.165) is 35.5 Å². The predicted octanol–water partition coefficient (Wildman–Crippen LogP) is 5.18. The Kier molecular flexibility index (Phi) is 27.2. The number of nitrogens with one attached hydrogen (secondary N) is 3. The highest BCUT2D eigenvalue weighted by Gasteiger charge is 2.51. The third-order valence-electron chi connectivity index (χ3n) is 20.1. The summed E-state index contributed by atoms with van der Waals surface area (Å²) in [6.45, 7) is 11.2. The summed E-state index contributed by atoms with van der Waals surface area (Å²) < 4.78 is 41.7. The first-order valence-electron chi connectivity index (χ1n) is 32.8. The van der Waals surface area contributed by atoms with Crippen molar-refractivity contribution < 1.29 is 65.9 Å². The minimum absolute atomic E-state index is 0.0148. The first kappa shape index (κ1) is 75.0. The van der Waals surface area contributed by atoms with E-state index in [1.165, 1.54) is 78.7 Å². The lowest BCUT2D eigenvalue weighted by atomic mass is 9.78. The molecule has 5 fully saturated rings. The van der Waals surface area contributed by atoms with E-state index in [-0.39, 0.29) is 94.9 Å². The van der Waals surface area contributed by atoms with Crippen LogP contribution in [0.1, 0.15) is 170 Å². The summed E-state index contributed by atoms with van der Waals surface area (Å²) in [5.74, 6) is -9.44. The van der Waals surface area contributed by atoms with Gasteiger partial charge in [0.25, 0.3) is 0 Å². The number of carbonyl (C=O) groups excluding carboxylic acids is 11. The van der Waals surface area contributed by atoms with E-state index in [2.05, 4.69) is 16.0 Å². The number of alkyl halides is 4. The maximum absolute atomic E-state index is 15.1. The summed E-state index contributed by atoms with van der Waals surface area (Å²) in [6.07, 6.45) is 1.92. The molecule has 26 heteroatoms. The number of rotatable bonds is 10. The molecule has 0 aromatic rings. The molecule has 11 atom stereocenters. The number of fused-ring (bicyclic) bond motifs is 1. The van der Waals surface area contributed by atoms with Crippen molar-refractivity contribution in [3.63, 3.8) is 0 Å². The highest BCUT2D eigenvalue weighted by atomic mass is 35.5. The largest absolute Gasteiger partial charge is 0.393 e. The Bertz CT molecular complexity index is 2570. The Morgan fingerprint density at radius 1 is 0.611 bits per heavy atom. The highest BCUT2D eigenvalue weighted by Crippen LogP contribution is 2.44. The van der Waals surface area contributed by atoms with Crippen molar-refractivity contribution in [2.75, 3.05) is 75.5 Å². The van der Waals surface area contributed by atoms with E-state index < -0.39 is 162 Å². The SMILES string of the molecule is CC[C@H](C)[C@@H]1NC(=O)[C@H](CC(C)C)N(C)C(=O)C[C@@H](C)N(C)C(=O)[C@H](C(C)C)N(C)C(=O)C2(CCCC2)NC(=O)[C@@H]2CCCN2C(=O)[C@H](CCC2CCC(C(F)(F)F)C(Cl)C2)NC(=O)CN(C)C(=O)[C@H](CC2CCCC2)N(C)C(=O)CN(C)C(=O)CN(C)C1=O. The van der Waals surface area contributed by atoms with Crippen LogP contribution in [0.25, 0.3) is 0 Å². The van der Waals surface area contributed by atoms with Crippen LogP contribution in [-0.4, -0.2) is 239 Å². The van der Waals surface area contributed by atoms with Gasteiger partial charge in [-0.2, -0.15) is 13.2 Å². The molecule has 3 unspecified atom stereocenters.